The van der Waals surface area contributed by atoms with Gasteiger partial charge in [0.2, 0.25) is 0 Å². The van der Waals surface area contributed by atoms with Crippen molar-refractivity contribution in [3.05, 3.63) is 36.2 Å². The van der Waals surface area contributed by atoms with Crippen LogP contribution in [0, 0.1) is 5.92 Å². The van der Waals surface area contributed by atoms with E-state index < -0.39 is 0 Å². The number of halogens is 1. The van der Waals surface area contributed by atoms with Crippen LogP contribution >= 0.6 is 12.4 Å². The van der Waals surface area contributed by atoms with Crippen molar-refractivity contribution in [1.29, 1.82) is 0 Å². The normalized spacial score (nSPS) is 17.6. The zero-order valence-electron chi connectivity index (χ0n) is 13.1. The Bertz CT molecular complexity index is 613. The van der Waals surface area contributed by atoms with E-state index in [1.54, 1.807) is 4.68 Å². The van der Waals surface area contributed by atoms with Gasteiger partial charge < -0.3 is 10.2 Å². The number of nitrogens with one attached hydrogen (secondary N) is 1. The first-order chi connectivity index (χ1) is 10.8. The molecule has 1 saturated heterocycles. The first-order valence-electron chi connectivity index (χ1n) is 7.55. The summed E-state index contributed by atoms with van der Waals surface area (Å²) >= 11 is 0. The van der Waals surface area contributed by atoms with E-state index in [0.29, 0.717) is 11.5 Å². The standard InChI is InChI=1S/C15H20N6O.ClH/c1-16-9-12-3-2-8-20(10-12)15(22)13-4-6-14(7-5-13)21-11-17-18-19-21;/h4-7,11-12,16H,2-3,8-10H2,1H3;1H. The van der Waals surface area contributed by atoms with Crippen molar-refractivity contribution >= 4 is 18.3 Å². The van der Waals surface area contributed by atoms with E-state index in [4.69, 9.17) is 0 Å². The number of hydrogen-bond acceptors (Lipinski definition) is 5. The number of amides is 1. The number of aromatic nitrogens is 4. The van der Waals surface area contributed by atoms with Gasteiger partial charge >= 0.3 is 0 Å². The molecule has 3 rings (SSSR count). The van der Waals surface area contributed by atoms with Crippen LogP contribution in [0.1, 0.15) is 23.2 Å². The number of likely N-dealkylation sites (tertiary alicyclic amines) is 1. The Morgan fingerprint density at radius 2 is 2.13 bits per heavy atom. The summed E-state index contributed by atoms with van der Waals surface area (Å²) < 4.78 is 1.57. The second-order valence-corrected chi connectivity index (χ2v) is 5.62. The fraction of sp³-hybridized carbons (Fsp3) is 0.467. The van der Waals surface area contributed by atoms with Gasteiger partial charge in [0.25, 0.3) is 5.91 Å². The molecule has 0 radical (unpaired) electrons. The molecule has 1 fully saturated rings. The number of nitrogens with zero attached hydrogens (tertiary/aromatic N) is 5. The molecule has 0 saturated carbocycles. The molecule has 1 N–H and O–H groups in total. The number of rotatable bonds is 4. The predicted molar refractivity (Wildman–Crippen MR) is 89.0 cm³/mol. The summed E-state index contributed by atoms with van der Waals surface area (Å²) in [5.41, 5.74) is 1.55. The van der Waals surface area contributed by atoms with Crippen LogP contribution in [-0.4, -0.2) is 57.7 Å². The molecular weight excluding hydrogens is 316 g/mol. The molecule has 2 heterocycles. The fourth-order valence-corrected chi connectivity index (χ4v) is 2.92. The first kappa shape index (κ1) is 17.4. The van der Waals surface area contributed by atoms with E-state index in [9.17, 15) is 4.79 Å². The molecule has 1 unspecified atom stereocenters. The largest absolute Gasteiger partial charge is 0.338 e. The zero-order valence-corrected chi connectivity index (χ0v) is 13.9. The fourth-order valence-electron chi connectivity index (χ4n) is 2.92. The average molecular weight is 337 g/mol. The molecule has 23 heavy (non-hydrogen) atoms. The van der Waals surface area contributed by atoms with Crippen molar-refractivity contribution in [1.82, 2.24) is 30.4 Å². The number of benzene rings is 1. The third-order valence-electron chi connectivity index (χ3n) is 4.03. The third-order valence-corrected chi connectivity index (χ3v) is 4.03. The van der Waals surface area contributed by atoms with Gasteiger partial charge in [-0.25, -0.2) is 4.68 Å². The molecule has 0 spiro atoms. The summed E-state index contributed by atoms with van der Waals surface area (Å²) in [6, 6.07) is 7.39. The van der Waals surface area contributed by atoms with Gasteiger partial charge in [-0.3, -0.25) is 4.79 Å². The van der Waals surface area contributed by atoms with Crippen LogP contribution in [0.5, 0.6) is 0 Å². The Hall–Kier alpha value is -1.99. The maximum atomic E-state index is 12.6. The number of hydrogen-bond donors (Lipinski definition) is 1. The second kappa shape index (κ2) is 8.03. The van der Waals surface area contributed by atoms with Crippen molar-refractivity contribution in [2.45, 2.75) is 12.8 Å². The van der Waals surface area contributed by atoms with Gasteiger partial charge in [0.1, 0.15) is 6.33 Å². The molecule has 0 aliphatic carbocycles. The van der Waals surface area contributed by atoms with Crippen molar-refractivity contribution in [3.8, 4) is 5.69 Å². The highest BCUT2D eigenvalue weighted by atomic mass is 35.5. The molecule has 7 nitrogen and oxygen atoms in total. The number of piperidine rings is 1. The minimum atomic E-state index is 0. The summed E-state index contributed by atoms with van der Waals surface area (Å²) in [5.74, 6) is 0.646. The van der Waals surface area contributed by atoms with Crippen LogP contribution in [-0.2, 0) is 0 Å². The van der Waals surface area contributed by atoms with Gasteiger partial charge in [0, 0.05) is 18.7 Å². The molecule has 1 aliphatic rings. The van der Waals surface area contributed by atoms with E-state index >= 15 is 0 Å². The number of carbonyl (C=O) groups excluding carboxylic acids is 1. The van der Waals surface area contributed by atoms with Crippen LogP contribution in [0.3, 0.4) is 0 Å². The summed E-state index contributed by atoms with van der Waals surface area (Å²) in [5, 5.41) is 14.2. The zero-order chi connectivity index (χ0) is 15.4. The van der Waals surface area contributed by atoms with Gasteiger partial charge in [-0.2, -0.15) is 0 Å². The van der Waals surface area contributed by atoms with Crippen LogP contribution in [0.15, 0.2) is 30.6 Å². The lowest BCUT2D eigenvalue weighted by Gasteiger charge is -2.32. The Kier molecular flexibility index (Phi) is 6.06. The first-order valence-corrected chi connectivity index (χ1v) is 7.55. The van der Waals surface area contributed by atoms with E-state index in [1.807, 2.05) is 36.2 Å². The van der Waals surface area contributed by atoms with Crippen LogP contribution in [0.4, 0.5) is 0 Å². The van der Waals surface area contributed by atoms with Gasteiger partial charge in [-0.1, -0.05) is 0 Å². The Labute approximate surface area is 141 Å². The van der Waals surface area contributed by atoms with Gasteiger partial charge in [0.05, 0.1) is 5.69 Å². The Balaban J connectivity index is 0.00000192. The molecule has 1 aromatic heterocycles. The highest BCUT2D eigenvalue weighted by molar-refractivity contribution is 5.94. The molecule has 8 heteroatoms. The van der Waals surface area contributed by atoms with Crippen molar-refractivity contribution in [2.24, 2.45) is 5.92 Å². The quantitative estimate of drug-likeness (QED) is 0.906. The maximum absolute atomic E-state index is 12.6. The summed E-state index contributed by atoms with van der Waals surface area (Å²) in [7, 11) is 1.96. The highest BCUT2D eigenvalue weighted by Gasteiger charge is 2.24. The predicted octanol–water partition coefficient (Wildman–Crippen LogP) is 1.16. The van der Waals surface area contributed by atoms with Crippen LogP contribution in [0.25, 0.3) is 5.69 Å². The average Bonchev–Trinajstić information content (AvgIpc) is 3.09. The number of carbonyl (C=O) groups is 1. The molecule has 124 valence electrons. The molecule has 1 amide bonds. The van der Waals surface area contributed by atoms with E-state index in [0.717, 1.165) is 31.7 Å². The third kappa shape index (κ3) is 4.05. The smallest absolute Gasteiger partial charge is 0.253 e. The Morgan fingerprint density at radius 1 is 1.35 bits per heavy atom. The Morgan fingerprint density at radius 3 is 2.78 bits per heavy atom. The summed E-state index contributed by atoms with van der Waals surface area (Å²) in [6.45, 7) is 2.63. The van der Waals surface area contributed by atoms with Gasteiger partial charge in [0.15, 0.2) is 0 Å². The van der Waals surface area contributed by atoms with Gasteiger partial charge in [-0.15, -0.1) is 17.5 Å². The van der Waals surface area contributed by atoms with Crippen molar-refractivity contribution in [2.75, 3.05) is 26.7 Å². The maximum Gasteiger partial charge on any atom is 0.253 e. The molecule has 0 bridgehead atoms. The second-order valence-electron chi connectivity index (χ2n) is 5.62. The van der Waals surface area contributed by atoms with E-state index in [2.05, 4.69) is 20.8 Å². The van der Waals surface area contributed by atoms with Crippen molar-refractivity contribution in [3.63, 3.8) is 0 Å². The molecule has 1 aromatic carbocycles. The number of tetrazole rings is 1. The lowest BCUT2D eigenvalue weighted by Crippen LogP contribution is -2.42. The topological polar surface area (TPSA) is 75.9 Å². The SMILES string of the molecule is CNCC1CCCN(C(=O)c2ccc(-n3cnnn3)cc2)C1.Cl. The highest BCUT2D eigenvalue weighted by Crippen LogP contribution is 2.18. The lowest BCUT2D eigenvalue weighted by molar-refractivity contribution is 0.0674. The van der Waals surface area contributed by atoms with Gasteiger partial charge in [-0.05, 0) is 67.0 Å². The van der Waals surface area contributed by atoms with E-state index in [-0.39, 0.29) is 18.3 Å². The van der Waals surface area contributed by atoms with Crippen LogP contribution in [0.2, 0.25) is 0 Å². The summed E-state index contributed by atoms with van der Waals surface area (Å²) in [4.78, 5) is 14.6. The molecule has 1 aliphatic heterocycles. The minimum absolute atomic E-state index is 0. The minimum Gasteiger partial charge on any atom is -0.338 e. The summed E-state index contributed by atoms with van der Waals surface area (Å²) in [6.07, 6.45) is 3.79. The molecule has 1 atom stereocenters. The molecule has 2 aromatic rings. The monoisotopic (exact) mass is 336 g/mol. The van der Waals surface area contributed by atoms with Crippen molar-refractivity contribution < 1.29 is 4.79 Å². The molecular formula is C15H21ClN6O. The van der Waals surface area contributed by atoms with E-state index in [1.165, 1.54) is 12.7 Å². The lowest BCUT2D eigenvalue weighted by atomic mass is 9.97. The van der Waals surface area contributed by atoms with Crippen LogP contribution < -0.4 is 5.32 Å².